The maximum Gasteiger partial charge on any atom is 0.257 e. The standard InChI is InChI=1S/C15H26N4O2/c1-3-21-13-5-9-18(10-6-13)15(20)14-11-17-19(12(14)2)8-4-7-16/h11,13H,3-10,16H2,1-2H3. The first kappa shape index (κ1) is 16.0. The van der Waals surface area contributed by atoms with Crippen LogP contribution in [0, 0.1) is 6.92 Å². The van der Waals surface area contributed by atoms with Crippen LogP contribution in [0.4, 0.5) is 0 Å². The highest BCUT2D eigenvalue weighted by molar-refractivity contribution is 5.95. The van der Waals surface area contributed by atoms with E-state index in [1.807, 2.05) is 23.4 Å². The van der Waals surface area contributed by atoms with Crippen LogP contribution in [0.25, 0.3) is 0 Å². The van der Waals surface area contributed by atoms with Crippen LogP contribution in [0.15, 0.2) is 6.20 Å². The van der Waals surface area contributed by atoms with Gasteiger partial charge in [0.1, 0.15) is 0 Å². The van der Waals surface area contributed by atoms with Crippen molar-refractivity contribution in [2.75, 3.05) is 26.2 Å². The molecule has 0 aliphatic carbocycles. The van der Waals surface area contributed by atoms with E-state index in [4.69, 9.17) is 10.5 Å². The second-order valence-corrected chi connectivity index (χ2v) is 5.46. The lowest BCUT2D eigenvalue weighted by Gasteiger charge is -2.31. The molecule has 6 heteroatoms. The third-order valence-corrected chi connectivity index (χ3v) is 4.04. The predicted octanol–water partition coefficient (Wildman–Crippen LogP) is 1.18. The molecule has 0 bridgehead atoms. The van der Waals surface area contributed by atoms with Crippen molar-refractivity contribution in [2.45, 2.75) is 45.8 Å². The van der Waals surface area contributed by atoms with Crippen LogP contribution < -0.4 is 5.73 Å². The van der Waals surface area contributed by atoms with E-state index < -0.39 is 0 Å². The Hall–Kier alpha value is -1.40. The minimum Gasteiger partial charge on any atom is -0.378 e. The number of carbonyl (C=O) groups excluding carboxylic acids is 1. The van der Waals surface area contributed by atoms with Gasteiger partial charge in [0, 0.05) is 31.9 Å². The van der Waals surface area contributed by atoms with Crippen molar-refractivity contribution in [3.05, 3.63) is 17.5 Å². The van der Waals surface area contributed by atoms with Crippen molar-refractivity contribution in [1.82, 2.24) is 14.7 Å². The van der Waals surface area contributed by atoms with E-state index in [0.29, 0.717) is 18.2 Å². The minimum absolute atomic E-state index is 0.0847. The summed E-state index contributed by atoms with van der Waals surface area (Å²) in [5.41, 5.74) is 7.16. The summed E-state index contributed by atoms with van der Waals surface area (Å²) in [7, 11) is 0. The zero-order valence-corrected chi connectivity index (χ0v) is 13.0. The largest absolute Gasteiger partial charge is 0.378 e. The molecule has 1 aliphatic rings. The fourth-order valence-corrected chi connectivity index (χ4v) is 2.75. The van der Waals surface area contributed by atoms with E-state index in [-0.39, 0.29) is 5.91 Å². The molecule has 1 amide bonds. The van der Waals surface area contributed by atoms with Gasteiger partial charge in [-0.2, -0.15) is 5.10 Å². The van der Waals surface area contributed by atoms with Gasteiger partial charge in [0.2, 0.25) is 0 Å². The zero-order valence-electron chi connectivity index (χ0n) is 13.0. The molecule has 118 valence electrons. The smallest absolute Gasteiger partial charge is 0.257 e. The number of ether oxygens (including phenoxy) is 1. The number of aryl methyl sites for hydroxylation is 1. The Kier molecular flexibility index (Phi) is 5.76. The van der Waals surface area contributed by atoms with Crippen LogP contribution in [-0.2, 0) is 11.3 Å². The molecular weight excluding hydrogens is 268 g/mol. The number of rotatable bonds is 6. The van der Waals surface area contributed by atoms with E-state index in [0.717, 1.165) is 51.2 Å². The first-order valence-electron chi connectivity index (χ1n) is 7.80. The van der Waals surface area contributed by atoms with Gasteiger partial charge in [-0.15, -0.1) is 0 Å². The van der Waals surface area contributed by atoms with E-state index >= 15 is 0 Å². The summed E-state index contributed by atoms with van der Waals surface area (Å²) in [6.45, 7) is 7.62. The summed E-state index contributed by atoms with van der Waals surface area (Å²) < 4.78 is 7.49. The van der Waals surface area contributed by atoms with Crippen molar-refractivity contribution >= 4 is 5.91 Å². The molecule has 0 unspecified atom stereocenters. The van der Waals surface area contributed by atoms with E-state index in [1.54, 1.807) is 6.20 Å². The number of likely N-dealkylation sites (tertiary alicyclic amines) is 1. The van der Waals surface area contributed by atoms with Crippen LogP contribution in [0.2, 0.25) is 0 Å². The normalized spacial score (nSPS) is 16.4. The summed E-state index contributed by atoms with van der Waals surface area (Å²) >= 11 is 0. The van der Waals surface area contributed by atoms with Gasteiger partial charge in [-0.3, -0.25) is 9.48 Å². The number of amides is 1. The number of hydrogen-bond acceptors (Lipinski definition) is 4. The van der Waals surface area contributed by atoms with Gasteiger partial charge in [0.05, 0.1) is 17.9 Å². The Bertz CT molecular complexity index is 464. The highest BCUT2D eigenvalue weighted by Gasteiger charge is 2.25. The number of aromatic nitrogens is 2. The highest BCUT2D eigenvalue weighted by atomic mass is 16.5. The molecule has 1 aliphatic heterocycles. The van der Waals surface area contributed by atoms with Crippen molar-refractivity contribution in [1.29, 1.82) is 0 Å². The predicted molar refractivity (Wildman–Crippen MR) is 81.2 cm³/mol. The third kappa shape index (κ3) is 3.83. The molecule has 1 fully saturated rings. The van der Waals surface area contributed by atoms with Crippen LogP contribution in [-0.4, -0.2) is 52.9 Å². The second-order valence-electron chi connectivity index (χ2n) is 5.46. The molecule has 6 nitrogen and oxygen atoms in total. The first-order valence-corrected chi connectivity index (χ1v) is 7.80. The van der Waals surface area contributed by atoms with Gasteiger partial charge in [-0.05, 0) is 39.7 Å². The Morgan fingerprint density at radius 1 is 1.48 bits per heavy atom. The lowest BCUT2D eigenvalue weighted by Crippen LogP contribution is -2.41. The molecule has 2 rings (SSSR count). The molecule has 0 atom stereocenters. The molecule has 2 heterocycles. The van der Waals surface area contributed by atoms with Crippen molar-refractivity contribution < 1.29 is 9.53 Å². The Labute approximate surface area is 126 Å². The average molecular weight is 294 g/mol. The molecule has 1 aromatic rings. The van der Waals surface area contributed by atoms with Gasteiger partial charge in [-0.1, -0.05) is 0 Å². The maximum absolute atomic E-state index is 12.6. The summed E-state index contributed by atoms with van der Waals surface area (Å²) in [4.78, 5) is 14.5. The Morgan fingerprint density at radius 3 is 2.81 bits per heavy atom. The van der Waals surface area contributed by atoms with Crippen molar-refractivity contribution in [3.63, 3.8) is 0 Å². The summed E-state index contributed by atoms with van der Waals surface area (Å²) in [5, 5.41) is 4.30. The molecule has 1 saturated heterocycles. The summed E-state index contributed by atoms with van der Waals surface area (Å²) in [5.74, 6) is 0.0847. The average Bonchev–Trinajstić information content (AvgIpc) is 2.86. The van der Waals surface area contributed by atoms with E-state index in [2.05, 4.69) is 5.10 Å². The number of carbonyl (C=O) groups is 1. The molecule has 1 aromatic heterocycles. The van der Waals surface area contributed by atoms with Gasteiger partial charge in [0.15, 0.2) is 0 Å². The highest BCUT2D eigenvalue weighted by Crippen LogP contribution is 2.18. The zero-order chi connectivity index (χ0) is 15.2. The van der Waals surface area contributed by atoms with Crippen LogP contribution in [0.3, 0.4) is 0 Å². The number of piperidine rings is 1. The van der Waals surface area contributed by atoms with Gasteiger partial charge in [0.25, 0.3) is 5.91 Å². The van der Waals surface area contributed by atoms with Gasteiger partial charge >= 0.3 is 0 Å². The van der Waals surface area contributed by atoms with Crippen LogP contribution in [0.1, 0.15) is 42.2 Å². The van der Waals surface area contributed by atoms with E-state index in [1.165, 1.54) is 0 Å². The van der Waals surface area contributed by atoms with Crippen molar-refractivity contribution in [3.8, 4) is 0 Å². The molecule has 0 saturated carbocycles. The Balaban J connectivity index is 1.96. The van der Waals surface area contributed by atoms with Crippen LogP contribution >= 0.6 is 0 Å². The second kappa shape index (κ2) is 7.56. The first-order chi connectivity index (χ1) is 10.2. The SMILES string of the molecule is CCOC1CCN(C(=O)c2cnn(CCCN)c2C)CC1. The summed E-state index contributed by atoms with van der Waals surface area (Å²) in [6, 6.07) is 0. The fraction of sp³-hybridized carbons (Fsp3) is 0.733. The van der Waals surface area contributed by atoms with Crippen molar-refractivity contribution in [2.24, 2.45) is 5.73 Å². The number of nitrogens with zero attached hydrogens (tertiary/aromatic N) is 3. The number of hydrogen-bond donors (Lipinski definition) is 1. The monoisotopic (exact) mass is 294 g/mol. The van der Waals surface area contributed by atoms with Crippen LogP contribution in [0.5, 0.6) is 0 Å². The molecule has 0 aromatic carbocycles. The molecule has 2 N–H and O–H groups in total. The molecular formula is C15H26N4O2. The molecule has 0 radical (unpaired) electrons. The van der Waals surface area contributed by atoms with Gasteiger partial charge < -0.3 is 15.4 Å². The third-order valence-electron chi connectivity index (χ3n) is 4.04. The Morgan fingerprint density at radius 2 is 2.19 bits per heavy atom. The molecule has 21 heavy (non-hydrogen) atoms. The summed E-state index contributed by atoms with van der Waals surface area (Å²) in [6.07, 6.45) is 4.69. The topological polar surface area (TPSA) is 73.4 Å². The maximum atomic E-state index is 12.6. The van der Waals surface area contributed by atoms with E-state index in [9.17, 15) is 4.79 Å². The molecule has 0 spiro atoms. The quantitative estimate of drug-likeness (QED) is 0.855. The number of nitrogens with two attached hydrogens (primary N) is 1. The van der Waals surface area contributed by atoms with Gasteiger partial charge in [-0.25, -0.2) is 0 Å². The lowest BCUT2D eigenvalue weighted by molar-refractivity contribution is 0.0146. The minimum atomic E-state index is 0.0847. The lowest BCUT2D eigenvalue weighted by atomic mass is 10.1. The fourth-order valence-electron chi connectivity index (χ4n) is 2.75.